The van der Waals surface area contributed by atoms with E-state index in [2.05, 4.69) is 22.1 Å². The van der Waals surface area contributed by atoms with Crippen molar-refractivity contribution in [2.75, 3.05) is 33.4 Å². The normalized spacial score (nSPS) is 19.0. The summed E-state index contributed by atoms with van der Waals surface area (Å²) >= 11 is -0.380. The van der Waals surface area contributed by atoms with E-state index in [9.17, 15) is 18.3 Å². The van der Waals surface area contributed by atoms with E-state index in [0.29, 0.717) is 28.6 Å². The molecule has 1 aliphatic heterocycles. The van der Waals surface area contributed by atoms with Crippen molar-refractivity contribution in [3.05, 3.63) is 42.1 Å². The second-order valence-corrected chi connectivity index (χ2v) is 10.1. The molecule has 0 amide bonds. The molecule has 10 heteroatoms. The fourth-order valence-corrected chi connectivity index (χ4v) is 6.17. The Morgan fingerprint density at radius 2 is 2.07 bits per heavy atom. The van der Waals surface area contributed by atoms with Gasteiger partial charge in [-0.15, -0.1) is 0 Å². The Morgan fingerprint density at radius 1 is 1.24 bits per heavy atom. The number of fused-ring (bicyclic) bond motifs is 1. The molecule has 0 bridgehead atoms. The van der Waals surface area contributed by atoms with Gasteiger partial charge in [-0.2, -0.15) is 0 Å². The number of aromatic nitrogens is 3. The van der Waals surface area contributed by atoms with E-state index < -0.39 is 17.5 Å². The molecule has 159 valence electrons. The Hall–Kier alpha value is -1.91. The van der Waals surface area contributed by atoms with E-state index in [4.69, 9.17) is 4.74 Å². The zero-order chi connectivity index (χ0) is 20.6. The first-order valence-electron chi connectivity index (χ1n) is 8.88. The Balaban J connectivity index is 1.68. The Bertz CT molecular complexity index is 1020. The van der Waals surface area contributed by atoms with Gasteiger partial charge in [-0.1, -0.05) is 0 Å². The van der Waals surface area contributed by atoms with Crippen molar-refractivity contribution in [2.24, 2.45) is 0 Å². The number of aromatic hydroxyl groups is 1. The Morgan fingerprint density at radius 3 is 2.83 bits per heavy atom. The van der Waals surface area contributed by atoms with Crippen LogP contribution < -0.4 is 4.04 Å². The molecule has 1 fully saturated rings. The number of alkyl halides is 3. The first-order chi connectivity index (χ1) is 13.8. The molecule has 29 heavy (non-hydrogen) atoms. The predicted molar refractivity (Wildman–Crippen MR) is 96.8 cm³/mol. The fraction of sp³-hybridized carbons (Fsp3) is 0.368. The quantitative estimate of drug-likeness (QED) is 0.477. The number of phenols is 1. The van der Waals surface area contributed by atoms with Crippen LogP contribution in [0.15, 0.2) is 36.5 Å². The van der Waals surface area contributed by atoms with Crippen LogP contribution >= 0.6 is 0 Å². The van der Waals surface area contributed by atoms with Crippen LogP contribution in [-0.2, 0) is 30.7 Å². The Labute approximate surface area is 174 Å². The molecule has 2 aromatic heterocycles. The minimum absolute atomic E-state index is 0.218. The van der Waals surface area contributed by atoms with Crippen molar-refractivity contribution in [3.63, 3.8) is 0 Å². The maximum atomic E-state index is 12.9. The summed E-state index contributed by atoms with van der Waals surface area (Å²) in [5.74, 6) is -0.475. The number of hydrogen-bond donors (Lipinski definition) is 1. The van der Waals surface area contributed by atoms with Crippen LogP contribution in [0, 0.1) is 0 Å². The monoisotopic (exact) mass is 589 g/mol. The number of hydrogen-bond acceptors (Lipinski definition) is 5. The van der Waals surface area contributed by atoms with Crippen LogP contribution in [0.3, 0.4) is 0 Å². The van der Waals surface area contributed by atoms with Crippen LogP contribution in [-0.4, -0.2) is 58.0 Å². The third-order valence-corrected chi connectivity index (χ3v) is 7.52. The van der Waals surface area contributed by atoms with Gasteiger partial charge in [0.1, 0.15) is 0 Å². The summed E-state index contributed by atoms with van der Waals surface area (Å²) in [5, 5.41) is 18.8. The van der Waals surface area contributed by atoms with Crippen molar-refractivity contribution in [1.82, 2.24) is 19.5 Å². The zero-order valence-electron chi connectivity index (χ0n) is 15.4. The van der Waals surface area contributed by atoms with Crippen LogP contribution in [0.25, 0.3) is 16.8 Å². The average molecular weight is 589 g/mol. The summed E-state index contributed by atoms with van der Waals surface area (Å²) in [6.07, 6.45) is -2.66. The average Bonchev–Trinajstić information content (AvgIpc) is 3.06. The molecule has 3 heterocycles. The molecule has 1 aromatic carbocycles. The molecule has 1 N–H and O–H groups in total. The van der Waals surface area contributed by atoms with Gasteiger partial charge >= 0.3 is 175 Å². The van der Waals surface area contributed by atoms with E-state index >= 15 is 0 Å². The molecule has 0 unspecified atom stereocenters. The third kappa shape index (κ3) is 4.34. The van der Waals surface area contributed by atoms with Gasteiger partial charge in [0.2, 0.25) is 0 Å². The van der Waals surface area contributed by atoms with Gasteiger partial charge < -0.3 is 0 Å². The summed E-state index contributed by atoms with van der Waals surface area (Å²) in [5.41, 5.74) is 0.359. The third-order valence-electron chi connectivity index (χ3n) is 4.58. The number of phenolic OH excluding ortho intramolecular Hbond substituents is 1. The van der Waals surface area contributed by atoms with E-state index in [1.807, 2.05) is 22.7 Å². The van der Waals surface area contributed by atoms with E-state index in [1.54, 1.807) is 0 Å². The maximum absolute atomic E-state index is 12.9. The molecule has 1 atom stereocenters. The molecule has 0 aliphatic carbocycles. The van der Waals surface area contributed by atoms with Gasteiger partial charge in [0.15, 0.2) is 0 Å². The zero-order valence-corrected chi connectivity index (χ0v) is 17.6. The first kappa shape index (κ1) is 20.4. The van der Waals surface area contributed by atoms with Crippen molar-refractivity contribution in [2.45, 2.75) is 10.3 Å². The predicted octanol–water partition coefficient (Wildman–Crippen LogP) is 2.58. The topological polar surface area (TPSA) is 62.9 Å². The van der Waals surface area contributed by atoms with Crippen molar-refractivity contribution in [1.29, 1.82) is 0 Å². The second kappa shape index (κ2) is 8.08. The number of halogens is 3. The van der Waals surface area contributed by atoms with Gasteiger partial charge in [0, 0.05) is 0 Å². The molecule has 0 spiro atoms. The molecule has 3 aromatic rings. The van der Waals surface area contributed by atoms with Crippen LogP contribution in [0.2, 0.25) is 4.14 Å². The summed E-state index contributed by atoms with van der Waals surface area (Å²) in [4.78, 5) is 2.24. The Kier molecular flexibility index (Phi) is 5.67. The van der Waals surface area contributed by atoms with Crippen molar-refractivity contribution in [3.8, 4) is 17.0 Å². The van der Waals surface area contributed by atoms with Crippen LogP contribution in [0.1, 0.15) is 5.56 Å². The molecule has 1 saturated heterocycles. The summed E-state index contributed by atoms with van der Waals surface area (Å²) in [7, 11) is 2.07. The van der Waals surface area contributed by atoms with E-state index in [1.165, 1.54) is 6.07 Å². The molecular weight excluding hydrogens is 570 g/mol. The van der Waals surface area contributed by atoms with Gasteiger partial charge in [-0.25, -0.2) is 0 Å². The number of likely N-dealkylation sites (N-methyl/N-ethyl adjacent to an activating group) is 1. The number of rotatable bonds is 3. The van der Waals surface area contributed by atoms with Gasteiger partial charge in [0.25, 0.3) is 0 Å². The van der Waals surface area contributed by atoms with Crippen molar-refractivity contribution >= 4 is 9.56 Å². The summed E-state index contributed by atoms with van der Waals surface area (Å²) in [6, 6.07) is 6.55. The molecule has 6 nitrogen and oxygen atoms in total. The number of benzene rings is 1. The SMILES string of the molecule is CN1CCOC[C@H]([Au][c]2nnc(-c3ccc(C(F)(F)F)cc3O)c3cccn23)C1. The van der Waals surface area contributed by atoms with E-state index in [-0.39, 0.29) is 25.3 Å². The number of nitrogens with zero attached hydrogens (tertiary/aromatic N) is 4. The molecular formula is C19H19AuF3N4O2. The molecule has 0 radical (unpaired) electrons. The van der Waals surface area contributed by atoms with Gasteiger partial charge in [-0.05, 0) is 0 Å². The second-order valence-electron chi connectivity index (χ2n) is 6.74. The van der Waals surface area contributed by atoms with Crippen molar-refractivity contribution < 1.29 is 42.8 Å². The summed E-state index contributed by atoms with van der Waals surface area (Å²) in [6.45, 7) is 3.21. The van der Waals surface area contributed by atoms with Crippen LogP contribution in [0.4, 0.5) is 13.2 Å². The van der Waals surface area contributed by atoms with Crippen LogP contribution in [0.5, 0.6) is 5.75 Å². The fourth-order valence-electron chi connectivity index (χ4n) is 3.11. The summed E-state index contributed by atoms with van der Waals surface area (Å²) < 4.78 is 47.4. The minimum atomic E-state index is -4.52. The van der Waals surface area contributed by atoms with E-state index in [0.717, 1.165) is 29.3 Å². The molecule has 1 aliphatic rings. The van der Waals surface area contributed by atoms with Gasteiger partial charge in [-0.3, -0.25) is 0 Å². The molecule has 0 saturated carbocycles. The number of ether oxygens (including phenoxy) is 1. The molecule has 4 rings (SSSR count). The van der Waals surface area contributed by atoms with Gasteiger partial charge in [0.05, 0.1) is 0 Å². The first-order valence-corrected chi connectivity index (χ1v) is 11.2. The standard InChI is InChI=1S/C13H7F3N3O.C6H12NO.Au/c14-13(15,16)8-3-4-9(11(20)6-8)12-10-2-1-5-19(10)7-17-18-12;1-7-3-2-5-8-6-4-7;/h1-6,20H;2H,3-6H2,1H3;.